The number of aryl methyl sites for hydroxylation is 2. The maximum Gasteiger partial charge on any atom is 0.109 e. The van der Waals surface area contributed by atoms with Gasteiger partial charge in [-0.1, -0.05) is 78.5 Å². The van der Waals surface area contributed by atoms with Crippen molar-refractivity contribution < 1.29 is 5.11 Å². The van der Waals surface area contributed by atoms with E-state index in [9.17, 15) is 5.11 Å². The Morgan fingerprint density at radius 1 is 0.767 bits per heavy atom. The maximum atomic E-state index is 9.45. The van der Waals surface area contributed by atoms with E-state index in [0.29, 0.717) is 0 Å². The van der Waals surface area contributed by atoms with Crippen LogP contribution in [0.25, 0.3) is 22.5 Å². The van der Waals surface area contributed by atoms with Gasteiger partial charge in [0.2, 0.25) is 0 Å². The molecule has 1 aromatic heterocycles. The molecule has 0 saturated heterocycles. The fourth-order valence-corrected chi connectivity index (χ4v) is 5.21. The zero-order valence-corrected chi connectivity index (χ0v) is 17.6. The first kappa shape index (κ1) is 19.2. The summed E-state index contributed by atoms with van der Waals surface area (Å²) in [5.74, 6) is 1.06. The van der Waals surface area contributed by atoms with Crippen LogP contribution in [-0.4, -0.2) is 21.3 Å². The molecule has 0 fully saturated rings. The highest BCUT2D eigenvalue weighted by Gasteiger charge is 2.26. The number of hydrogen-bond acceptors (Lipinski definition) is 3. The lowest BCUT2D eigenvalue weighted by molar-refractivity contribution is 0.287. The van der Waals surface area contributed by atoms with Crippen LogP contribution in [0.15, 0.2) is 88.7 Å². The van der Waals surface area contributed by atoms with Gasteiger partial charge in [0.05, 0.1) is 11.4 Å². The van der Waals surface area contributed by atoms with E-state index in [1.165, 1.54) is 32.2 Å². The van der Waals surface area contributed by atoms with Crippen LogP contribution >= 0.6 is 11.8 Å². The van der Waals surface area contributed by atoms with Crippen molar-refractivity contribution in [3.05, 3.63) is 90.3 Å². The first-order chi connectivity index (χ1) is 14.8. The van der Waals surface area contributed by atoms with E-state index >= 15 is 0 Å². The van der Waals surface area contributed by atoms with Crippen LogP contribution < -0.4 is 0 Å². The molecule has 0 unspecified atom stereocenters. The zero-order chi connectivity index (χ0) is 20.3. The number of aliphatic hydroxyl groups excluding tert-OH is 1. The van der Waals surface area contributed by atoms with Gasteiger partial charge in [-0.25, -0.2) is 4.98 Å². The molecule has 1 N–H and O–H groups in total. The molecule has 3 aromatic carbocycles. The number of aromatic nitrogens is 2. The monoisotopic (exact) mass is 412 g/mol. The summed E-state index contributed by atoms with van der Waals surface area (Å²) in [5, 5.41) is 9.45. The van der Waals surface area contributed by atoms with Crippen LogP contribution in [-0.2, 0) is 19.4 Å². The number of aliphatic hydroxyl groups is 1. The third kappa shape index (κ3) is 3.57. The Morgan fingerprint density at radius 3 is 2.20 bits per heavy atom. The largest absolute Gasteiger partial charge is 0.396 e. The third-order valence-electron chi connectivity index (χ3n) is 5.58. The van der Waals surface area contributed by atoms with Gasteiger partial charge in [0.1, 0.15) is 5.82 Å². The molecule has 0 radical (unpaired) electrons. The minimum Gasteiger partial charge on any atom is -0.396 e. The average Bonchev–Trinajstić information content (AvgIpc) is 3.08. The molecule has 30 heavy (non-hydrogen) atoms. The predicted molar refractivity (Wildman–Crippen MR) is 123 cm³/mol. The fraction of sp³-hybridized carbons (Fsp3) is 0.192. The van der Waals surface area contributed by atoms with Crippen LogP contribution in [0.5, 0.6) is 0 Å². The summed E-state index contributed by atoms with van der Waals surface area (Å²) in [5.41, 5.74) is 6.02. The van der Waals surface area contributed by atoms with Crippen molar-refractivity contribution in [2.45, 2.75) is 35.6 Å². The first-order valence-corrected chi connectivity index (χ1v) is 11.3. The van der Waals surface area contributed by atoms with Crippen LogP contribution in [0.1, 0.15) is 17.8 Å². The normalized spacial score (nSPS) is 12.0. The molecule has 0 aliphatic carbocycles. The van der Waals surface area contributed by atoms with Gasteiger partial charge in [0.25, 0.3) is 0 Å². The first-order valence-electron chi connectivity index (χ1n) is 10.5. The Hall–Kier alpha value is -2.82. The van der Waals surface area contributed by atoms with Crippen LogP contribution in [0, 0.1) is 0 Å². The summed E-state index contributed by atoms with van der Waals surface area (Å²) in [6, 6.07) is 27.8. The van der Waals surface area contributed by atoms with E-state index in [1.807, 2.05) is 11.8 Å². The van der Waals surface area contributed by atoms with Crippen molar-refractivity contribution in [2.24, 2.45) is 0 Å². The maximum absolute atomic E-state index is 9.45. The Bertz CT molecular complexity index is 1170. The molecular formula is C26H24N2OS. The van der Waals surface area contributed by atoms with E-state index in [2.05, 4.69) is 83.4 Å². The lowest BCUT2D eigenvalue weighted by atomic mass is 10.0. The number of hydrogen-bond donors (Lipinski definition) is 1. The molecule has 0 bridgehead atoms. The summed E-state index contributed by atoms with van der Waals surface area (Å²) in [7, 11) is 0. The number of benzene rings is 3. The van der Waals surface area contributed by atoms with E-state index < -0.39 is 0 Å². The molecule has 150 valence electrons. The van der Waals surface area contributed by atoms with Crippen molar-refractivity contribution >= 4 is 11.8 Å². The Morgan fingerprint density at radius 2 is 1.43 bits per heavy atom. The van der Waals surface area contributed by atoms with Crippen LogP contribution in [0.2, 0.25) is 0 Å². The summed E-state index contributed by atoms with van der Waals surface area (Å²) >= 11 is 1.82. The number of fused-ring (bicyclic) bond motifs is 5. The molecule has 5 rings (SSSR count). The molecule has 4 aromatic rings. The molecule has 1 aliphatic rings. The van der Waals surface area contributed by atoms with Gasteiger partial charge in [-0.05, 0) is 30.5 Å². The topological polar surface area (TPSA) is 38.1 Å². The molecule has 4 heteroatoms. The highest BCUT2D eigenvalue weighted by atomic mass is 32.2. The lowest BCUT2D eigenvalue weighted by Crippen LogP contribution is -2.09. The standard InChI is InChI=1S/C26H24N2OS/c29-18-8-15-24-27-25-20-11-4-6-13-22(20)30-23-14-7-5-12-21(23)26(25)28(24)17-16-19-9-2-1-3-10-19/h1-7,9-14,29H,8,15-18H2. The number of rotatable bonds is 6. The molecular weight excluding hydrogens is 388 g/mol. The van der Waals surface area contributed by atoms with Gasteiger partial charge < -0.3 is 9.67 Å². The van der Waals surface area contributed by atoms with Gasteiger partial charge >= 0.3 is 0 Å². The second kappa shape index (κ2) is 8.50. The molecule has 0 amide bonds. The van der Waals surface area contributed by atoms with Crippen LogP contribution in [0.3, 0.4) is 0 Å². The highest BCUT2D eigenvalue weighted by Crippen LogP contribution is 2.47. The van der Waals surface area contributed by atoms with Crippen molar-refractivity contribution in [3.63, 3.8) is 0 Å². The zero-order valence-electron chi connectivity index (χ0n) is 16.8. The molecule has 2 heterocycles. The molecule has 0 spiro atoms. The fourth-order valence-electron chi connectivity index (χ4n) is 4.14. The Labute approximate surface area is 181 Å². The predicted octanol–water partition coefficient (Wildman–Crippen LogP) is 5.85. The summed E-state index contributed by atoms with van der Waals surface area (Å²) < 4.78 is 2.39. The third-order valence-corrected chi connectivity index (χ3v) is 6.73. The van der Waals surface area contributed by atoms with Gasteiger partial charge in [-0.2, -0.15) is 0 Å². The highest BCUT2D eigenvalue weighted by molar-refractivity contribution is 7.99. The Kier molecular flexibility index (Phi) is 5.43. The van der Waals surface area contributed by atoms with Gasteiger partial charge in [-0.15, -0.1) is 0 Å². The van der Waals surface area contributed by atoms with Gasteiger partial charge in [-0.3, -0.25) is 0 Å². The second-order valence-electron chi connectivity index (χ2n) is 7.53. The summed E-state index contributed by atoms with van der Waals surface area (Å²) in [6.45, 7) is 1.05. The van der Waals surface area contributed by atoms with E-state index in [1.54, 1.807) is 0 Å². The molecule has 0 atom stereocenters. The summed E-state index contributed by atoms with van der Waals surface area (Å²) in [4.78, 5) is 7.64. The Balaban J connectivity index is 1.68. The van der Waals surface area contributed by atoms with E-state index in [-0.39, 0.29) is 6.61 Å². The molecule has 0 saturated carbocycles. The van der Waals surface area contributed by atoms with Crippen molar-refractivity contribution in [2.75, 3.05) is 6.61 Å². The van der Waals surface area contributed by atoms with Gasteiger partial charge in [0.15, 0.2) is 0 Å². The summed E-state index contributed by atoms with van der Waals surface area (Å²) in [6.07, 6.45) is 2.45. The number of nitrogens with zero attached hydrogens (tertiary/aromatic N) is 2. The average molecular weight is 413 g/mol. The quantitative estimate of drug-likeness (QED) is 0.380. The van der Waals surface area contributed by atoms with Crippen molar-refractivity contribution in [1.29, 1.82) is 0 Å². The van der Waals surface area contributed by atoms with Crippen molar-refractivity contribution in [3.8, 4) is 22.5 Å². The molecule has 1 aliphatic heterocycles. The van der Waals surface area contributed by atoms with E-state index in [0.717, 1.165) is 37.3 Å². The minimum absolute atomic E-state index is 0.180. The van der Waals surface area contributed by atoms with Crippen LogP contribution in [0.4, 0.5) is 0 Å². The van der Waals surface area contributed by atoms with E-state index in [4.69, 9.17) is 4.98 Å². The van der Waals surface area contributed by atoms with Crippen molar-refractivity contribution in [1.82, 2.24) is 9.55 Å². The lowest BCUT2D eigenvalue weighted by Gasteiger charge is -2.14. The smallest absolute Gasteiger partial charge is 0.109 e. The number of imidazole rings is 1. The molecule has 3 nitrogen and oxygen atoms in total. The minimum atomic E-state index is 0.180. The second-order valence-corrected chi connectivity index (χ2v) is 8.62. The SMILES string of the molecule is OCCCc1nc2c(n1CCc1ccccc1)-c1ccccc1Sc1ccccc1-2. The van der Waals surface area contributed by atoms with Gasteiger partial charge in [0, 0.05) is 40.5 Å².